The van der Waals surface area contributed by atoms with E-state index in [2.05, 4.69) is 21.6 Å². The summed E-state index contributed by atoms with van der Waals surface area (Å²) in [7, 11) is 0. The van der Waals surface area contributed by atoms with Crippen molar-refractivity contribution in [2.45, 2.75) is 6.54 Å². The van der Waals surface area contributed by atoms with Gasteiger partial charge in [0.1, 0.15) is 0 Å². The van der Waals surface area contributed by atoms with E-state index in [-0.39, 0.29) is 12.5 Å². The summed E-state index contributed by atoms with van der Waals surface area (Å²) in [5, 5.41) is 19.8. The highest BCUT2D eigenvalue weighted by atomic mass is 16.1. The molecule has 1 aromatic carbocycles. The molecule has 0 saturated heterocycles. The minimum Gasteiger partial charge on any atom is -0.345 e. The maximum atomic E-state index is 11.9. The maximum absolute atomic E-state index is 11.9. The van der Waals surface area contributed by atoms with E-state index in [0.717, 1.165) is 5.65 Å². The van der Waals surface area contributed by atoms with Crippen LogP contribution in [0.1, 0.15) is 17.0 Å². The first-order valence-electron chi connectivity index (χ1n) is 7.01. The lowest BCUT2D eigenvalue weighted by atomic mass is 10.1. The van der Waals surface area contributed by atoms with E-state index in [1.165, 1.54) is 6.08 Å². The number of benzene rings is 1. The number of carbonyl (C=O) groups is 1. The molecule has 0 saturated carbocycles. The Morgan fingerprint density at radius 1 is 1.22 bits per heavy atom. The largest absolute Gasteiger partial charge is 0.345 e. The molecule has 112 valence electrons. The van der Waals surface area contributed by atoms with Crippen LogP contribution in [0.2, 0.25) is 0 Å². The second-order valence-electron chi connectivity index (χ2n) is 4.80. The first-order valence-corrected chi connectivity index (χ1v) is 7.01. The van der Waals surface area contributed by atoms with Crippen molar-refractivity contribution in [1.29, 1.82) is 5.26 Å². The smallest absolute Gasteiger partial charge is 0.244 e. The van der Waals surface area contributed by atoms with Crippen molar-refractivity contribution in [3.05, 3.63) is 71.7 Å². The van der Waals surface area contributed by atoms with Gasteiger partial charge in [0.15, 0.2) is 11.5 Å². The van der Waals surface area contributed by atoms with Crippen molar-refractivity contribution in [1.82, 2.24) is 19.9 Å². The molecule has 6 heteroatoms. The first kappa shape index (κ1) is 14.5. The van der Waals surface area contributed by atoms with Crippen molar-refractivity contribution in [2.24, 2.45) is 0 Å². The van der Waals surface area contributed by atoms with E-state index < -0.39 is 0 Å². The number of nitrogens with zero attached hydrogens (tertiary/aromatic N) is 4. The number of fused-ring (bicyclic) bond motifs is 1. The van der Waals surface area contributed by atoms with Crippen LogP contribution in [0.3, 0.4) is 0 Å². The number of carbonyl (C=O) groups excluding carboxylic acids is 1. The van der Waals surface area contributed by atoms with Gasteiger partial charge in [-0.1, -0.05) is 24.3 Å². The fourth-order valence-electron chi connectivity index (χ4n) is 2.15. The molecule has 3 aromatic rings. The van der Waals surface area contributed by atoms with Gasteiger partial charge in [0.25, 0.3) is 0 Å². The van der Waals surface area contributed by atoms with Gasteiger partial charge in [-0.3, -0.25) is 9.20 Å². The third-order valence-corrected chi connectivity index (χ3v) is 3.30. The minimum absolute atomic E-state index is 0.259. The Kier molecular flexibility index (Phi) is 4.11. The number of hydrogen-bond acceptors (Lipinski definition) is 4. The van der Waals surface area contributed by atoms with Crippen LogP contribution in [-0.4, -0.2) is 20.5 Å². The summed E-state index contributed by atoms with van der Waals surface area (Å²) in [6, 6.07) is 14.8. The summed E-state index contributed by atoms with van der Waals surface area (Å²) in [5.41, 5.74) is 1.97. The Morgan fingerprint density at radius 3 is 2.91 bits per heavy atom. The quantitative estimate of drug-likeness (QED) is 0.747. The van der Waals surface area contributed by atoms with Crippen LogP contribution in [-0.2, 0) is 11.3 Å². The third kappa shape index (κ3) is 3.24. The van der Waals surface area contributed by atoms with Crippen molar-refractivity contribution in [3.8, 4) is 6.07 Å². The van der Waals surface area contributed by atoms with Crippen molar-refractivity contribution >= 4 is 17.6 Å². The lowest BCUT2D eigenvalue weighted by molar-refractivity contribution is -0.116. The summed E-state index contributed by atoms with van der Waals surface area (Å²) in [6.07, 6.45) is 4.87. The van der Waals surface area contributed by atoms with E-state index in [4.69, 9.17) is 5.26 Å². The Labute approximate surface area is 132 Å². The Morgan fingerprint density at radius 2 is 2.04 bits per heavy atom. The van der Waals surface area contributed by atoms with E-state index >= 15 is 0 Å². The van der Waals surface area contributed by atoms with Gasteiger partial charge in [0.2, 0.25) is 5.91 Å². The molecule has 6 nitrogen and oxygen atoms in total. The SMILES string of the molecule is N#Cc1ccccc1C=CC(=O)NCc1nnc2ccccn12. The zero-order valence-electron chi connectivity index (χ0n) is 12.2. The van der Waals surface area contributed by atoms with Crippen LogP contribution in [0.15, 0.2) is 54.7 Å². The molecule has 0 radical (unpaired) electrons. The normalized spacial score (nSPS) is 10.7. The molecule has 0 unspecified atom stereocenters. The minimum atomic E-state index is -0.259. The zero-order valence-corrected chi connectivity index (χ0v) is 12.2. The summed E-state index contributed by atoms with van der Waals surface area (Å²) in [5.74, 6) is 0.394. The molecular weight excluding hydrogens is 290 g/mol. The first-order chi connectivity index (χ1) is 11.3. The van der Waals surface area contributed by atoms with Gasteiger partial charge in [-0.2, -0.15) is 5.26 Å². The topological polar surface area (TPSA) is 83.1 Å². The molecular formula is C17H13N5O. The van der Waals surface area contributed by atoms with Crippen LogP contribution in [0, 0.1) is 11.3 Å². The highest BCUT2D eigenvalue weighted by Gasteiger charge is 2.05. The molecule has 1 amide bonds. The molecule has 0 atom stereocenters. The Balaban J connectivity index is 1.66. The van der Waals surface area contributed by atoms with Gasteiger partial charge in [0, 0.05) is 12.3 Å². The van der Waals surface area contributed by atoms with Gasteiger partial charge >= 0.3 is 0 Å². The van der Waals surface area contributed by atoms with Gasteiger partial charge < -0.3 is 5.32 Å². The molecule has 1 N–H and O–H groups in total. The standard InChI is InChI=1S/C17H13N5O/c18-11-14-6-2-1-5-13(14)8-9-17(23)19-12-16-21-20-15-7-3-4-10-22(15)16/h1-10H,12H2,(H,19,23). The van der Waals surface area contributed by atoms with Crippen LogP contribution in [0.25, 0.3) is 11.7 Å². The van der Waals surface area contributed by atoms with Gasteiger partial charge in [-0.05, 0) is 29.8 Å². The van der Waals surface area contributed by atoms with E-state index in [1.54, 1.807) is 24.3 Å². The second-order valence-corrected chi connectivity index (χ2v) is 4.80. The van der Waals surface area contributed by atoms with Gasteiger partial charge in [0.05, 0.1) is 18.2 Å². The molecule has 3 rings (SSSR count). The summed E-state index contributed by atoms with van der Waals surface area (Å²) < 4.78 is 1.81. The van der Waals surface area contributed by atoms with Crippen molar-refractivity contribution < 1.29 is 4.79 Å². The fraction of sp³-hybridized carbons (Fsp3) is 0.0588. The van der Waals surface area contributed by atoms with E-state index in [9.17, 15) is 4.79 Å². The highest BCUT2D eigenvalue weighted by Crippen LogP contribution is 2.09. The number of amides is 1. The van der Waals surface area contributed by atoms with Crippen LogP contribution >= 0.6 is 0 Å². The molecule has 0 fully saturated rings. The van der Waals surface area contributed by atoms with Crippen molar-refractivity contribution in [2.75, 3.05) is 0 Å². The Bertz CT molecular complexity index is 920. The van der Waals surface area contributed by atoms with Gasteiger partial charge in [-0.25, -0.2) is 0 Å². The van der Waals surface area contributed by atoms with Crippen molar-refractivity contribution in [3.63, 3.8) is 0 Å². The third-order valence-electron chi connectivity index (χ3n) is 3.30. The maximum Gasteiger partial charge on any atom is 0.244 e. The lowest BCUT2D eigenvalue weighted by Crippen LogP contribution is -2.21. The molecule has 0 aliphatic carbocycles. The van der Waals surface area contributed by atoms with Crippen LogP contribution in [0.4, 0.5) is 0 Å². The Hall–Kier alpha value is -3.46. The number of rotatable bonds is 4. The molecule has 0 bridgehead atoms. The van der Waals surface area contributed by atoms with Gasteiger partial charge in [-0.15, -0.1) is 10.2 Å². The van der Waals surface area contributed by atoms with Crippen LogP contribution < -0.4 is 5.32 Å². The number of pyridine rings is 1. The summed E-state index contributed by atoms with van der Waals surface area (Å²) >= 11 is 0. The van der Waals surface area contributed by atoms with Crippen LogP contribution in [0.5, 0.6) is 0 Å². The van der Waals surface area contributed by atoms with E-state index in [0.29, 0.717) is 17.0 Å². The molecule has 0 aliphatic heterocycles. The molecule has 2 heterocycles. The van der Waals surface area contributed by atoms with E-state index in [1.807, 2.05) is 34.9 Å². The second kappa shape index (κ2) is 6.54. The predicted octanol–water partition coefficient (Wildman–Crippen LogP) is 1.93. The molecule has 23 heavy (non-hydrogen) atoms. The highest BCUT2D eigenvalue weighted by molar-refractivity contribution is 5.91. The number of aromatic nitrogens is 3. The lowest BCUT2D eigenvalue weighted by Gasteiger charge is -2.01. The average Bonchev–Trinajstić information content (AvgIpc) is 3.01. The fourth-order valence-corrected chi connectivity index (χ4v) is 2.15. The summed E-state index contributed by atoms with van der Waals surface area (Å²) in [4.78, 5) is 11.9. The summed E-state index contributed by atoms with van der Waals surface area (Å²) in [6.45, 7) is 0.272. The molecule has 2 aromatic heterocycles. The number of hydrogen-bond donors (Lipinski definition) is 1. The predicted molar refractivity (Wildman–Crippen MR) is 85.0 cm³/mol. The molecule has 0 aliphatic rings. The number of nitrogens with one attached hydrogen (secondary N) is 1. The zero-order chi connectivity index (χ0) is 16.1. The number of nitriles is 1. The average molecular weight is 303 g/mol. The molecule has 0 spiro atoms. The monoisotopic (exact) mass is 303 g/mol.